The summed E-state index contributed by atoms with van der Waals surface area (Å²) in [6.07, 6.45) is 3.84. The van der Waals surface area contributed by atoms with E-state index in [-0.39, 0.29) is 17.9 Å². The highest BCUT2D eigenvalue weighted by atomic mass is 16.2. The summed E-state index contributed by atoms with van der Waals surface area (Å²) in [4.78, 5) is 37.6. The van der Waals surface area contributed by atoms with Gasteiger partial charge in [-0.2, -0.15) is 0 Å². The number of carbonyl (C=O) groups is 1. The number of hydrogen-bond acceptors (Lipinski definition) is 4. The van der Waals surface area contributed by atoms with Crippen LogP contribution < -0.4 is 5.56 Å². The maximum atomic E-state index is 12.3. The first-order chi connectivity index (χ1) is 10.6. The lowest BCUT2D eigenvalue weighted by Gasteiger charge is -2.15. The Labute approximate surface area is 128 Å². The number of likely N-dealkylation sites (tertiary alicyclic amines) is 1. The van der Waals surface area contributed by atoms with E-state index in [1.165, 1.54) is 0 Å². The molecule has 1 N–H and O–H groups in total. The molecular weight excluding hydrogens is 280 g/mol. The fourth-order valence-electron chi connectivity index (χ4n) is 2.67. The van der Waals surface area contributed by atoms with Crippen molar-refractivity contribution in [2.45, 2.75) is 26.2 Å². The highest BCUT2D eigenvalue weighted by Gasteiger charge is 2.21. The predicted octanol–water partition coefficient (Wildman–Crippen LogP) is 1.31. The van der Waals surface area contributed by atoms with Crippen molar-refractivity contribution in [2.24, 2.45) is 0 Å². The minimum atomic E-state index is -0.263. The zero-order valence-electron chi connectivity index (χ0n) is 12.5. The monoisotopic (exact) mass is 298 g/mol. The molecule has 0 unspecified atom stereocenters. The van der Waals surface area contributed by atoms with Gasteiger partial charge >= 0.3 is 0 Å². The van der Waals surface area contributed by atoms with Gasteiger partial charge in [-0.3, -0.25) is 14.6 Å². The second kappa shape index (κ2) is 6.09. The van der Waals surface area contributed by atoms with Gasteiger partial charge in [0.1, 0.15) is 5.69 Å². The van der Waals surface area contributed by atoms with E-state index in [1.54, 1.807) is 25.3 Å². The largest absolute Gasteiger partial charge is 0.342 e. The molecule has 0 aliphatic carbocycles. The molecule has 0 spiro atoms. The number of rotatable bonds is 3. The minimum Gasteiger partial charge on any atom is -0.342 e. The van der Waals surface area contributed by atoms with E-state index in [9.17, 15) is 9.59 Å². The van der Waals surface area contributed by atoms with Gasteiger partial charge in [0.05, 0.1) is 6.42 Å². The normalized spacial score (nSPS) is 14.3. The minimum absolute atomic E-state index is 0.00140. The molecule has 0 saturated carbocycles. The van der Waals surface area contributed by atoms with Crippen LogP contribution in [0.5, 0.6) is 0 Å². The zero-order chi connectivity index (χ0) is 15.5. The van der Waals surface area contributed by atoms with Crippen LogP contribution >= 0.6 is 0 Å². The lowest BCUT2D eigenvalue weighted by atomic mass is 10.1. The third-order valence-electron chi connectivity index (χ3n) is 3.92. The standard InChI is InChI=1S/C16H18N4O2/c1-11-12(10-14(21)20-8-4-5-9-20)16(22)19-15(18-11)13-6-2-3-7-17-13/h2-3,6-7H,4-5,8-10H2,1H3,(H,18,19,22). The first-order valence-corrected chi connectivity index (χ1v) is 7.44. The van der Waals surface area contributed by atoms with Gasteiger partial charge in [-0.15, -0.1) is 0 Å². The fraction of sp³-hybridized carbons (Fsp3) is 0.375. The summed E-state index contributed by atoms with van der Waals surface area (Å²) in [7, 11) is 0. The van der Waals surface area contributed by atoms with Crippen LogP contribution in [0.3, 0.4) is 0 Å². The third-order valence-corrected chi connectivity index (χ3v) is 3.92. The van der Waals surface area contributed by atoms with Crippen molar-refractivity contribution in [3.63, 3.8) is 0 Å². The van der Waals surface area contributed by atoms with E-state index in [1.807, 2.05) is 11.0 Å². The van der Waals surface area contributed by atoms with E-state index in [0.29, 0.717) is 22.8 Å². The molecule has 22 heavy (non-hydrogen) atoms. The molecule has 6 heteroatoms. The lowest BCUT2D eigenvalue weighted by Crippen LogP contribution is -2.32. The smallest absolute Gasteiger partial charge is 0.255 e. The highest BCUT2D eigenvalue weighted by molar-refractivity contribution is 5.79. The number of carbonyl (C=O) groups excluding carboxylic acids is 1. The zero-order valence-corrected chi connectivity index (χ0v) is 12.5. The summed E-state index contributed by atoms with van der Waals surface area (Å²) in [5.41, 5.74) is 1.37. The van der Waals surface area contributed by atoms with Crippen LogP contribution in [0, 0.1) is 6.92 Å². The Hall–Kier alpha value is -2.50. The van der Waals surface area contributed by atoms with Gasteiger partial charge in [0.15, 0.2) is 5.82 Å². The number of aromatic amines is 1. The summed E-state index contributed by atoms with van der Waals surface area (Å²) in [6, 6.07) is 5.42. The Morgan fingerprint density at radius 1 is 1.32 bits per heavy atom. The second-order valence-electron chi connectivity index (χ2n) is 5.46. The summed E-state index contributed by atoms with van der Waals surface area (Å²) in [6.45, 7) is 3.33. The number of nitrogens with one attached hydrogen (secondary N) is 1. The van der Waals surface area contributed by atoms with Gasteiger partial charge in [-0.05, 0) is 31.9 Å². The molecule has 3 rings (SSSR count). The molecule has 114 valence electrons. The van der Waals surface area contributed by atoms with Gasteiger partial charge in [0.25, 0.3) is 5.56 Å². The van der Waals surface area contributed by atoms with Gasteiger partial charge in [0, 0.05) is 30.5 Å². The Bertz CT molecular complexity index is 734. The van der Waals surface area contributed by atoms with Crippen molar-refractivity contribution in [1.29, 1.82) is 0 Å². The number of hydrogen-bond donors (Lipinski definition) is 1. The SMILES string of the molecule is Cc1nc(-c2ccccn2)[nH]c(=O)c1CC(=O)N1CCCC1. The third kappa shape index (κ3) is 2.90. The second-order valence-corrected chi connectivity index (χ2v) is 5.46. The Balaban J connectivity index is 1.87. The fourth-order valence-corrected chi connectivity index (χ4v) is 2.67. The number of nitrogens with zero attached hydrogens (tertiary/aromatic N) is 3. The predicted molar refractivity (Wildman–Crippen MR) is 82.3 cm³/mol. The number of aromatic nitrogens is 3. The Kier molecular flexibility index (Phi) is 4.00. The molecule has 3 heterocycles. The van der Waals surface area contributed by atoms with E-state index in [4.69, 9.17) is 0 Å². The quantitative estimate of drug-likeness (QED) is 0.926. The molecule has 1 saturated heterocycles. The van der Waals surface area contributed by atoms with Crippen molar-refractivity contribution in [3.8, 4) is 11.5 Å². The summed E-state index contributed by atoms with van der Waals surface area (Å²) < 4.78 is 0. The maximum absolute atomic E-state index is 12.3. The van der Waals surface area contributed by atoms with Crippen molar-refractivity contribution in [1.82, 2.24) is 19.9 Å². The molecular formula is C16H18N4O2. The number of pyridine rings is 1. The molecule has 2 aromatic heterocycles. The Morgan fingerprint density at radius 2 is 2.09 bits per heavy atom. The summed E-state index contributed by atoms with van der Waals surface area (Å²) >= 11 is 0. The van der Waals surface area contributed by atoms with Gasteiger partial charge < -0.3 is 9.88 Å². The van der Waals surface area contributed by atoms with E-state index in [0.717, 1.165) is 25.9 Å². The first-order valence-electron chi connectivity index (χ1n) is 7.44. The van der Waals surface area contributed by atoms with Crippen molar-refractivity contribution >= 4 is 5.91 Å². The number of amides is 1. The van der Waals surface area contributed by atoms with Crippen LogP contribution in [0.2, 0.25) is 0 Å². The van der Waals surface area contributed by atoms with Crippen LogP contribution in [-0.2, 0) is 11.2 Å². The molecule has 1 amide bonds. The number of aryl methyl sites for hydroxylation is 1. The molecule has 1 aliphatic rings. The molecule has 0 aromatic carbocycles. The lowest BCUT2D eigenvalue weighted by molar-refractivity contribution is -0.129. The molecule has 2 aromatic rings. The van der Waals surface area contributed by atoms with Gasteiger partial charge in [0.2, 0.25) is 5.91 Å². The molecule has 1 aliphatic heterocycles. The average Bonchev–Trinajstić information content (AvgIpc) is 3.06. The Morgan fingerprint density at radius 3 is 2.73 bits per heavy atom. The first kappa shape index (κ1) is 14.4. The summed E-state index contributed by atoms with van der Waals surface area (Å²) in [5.74, 6) is 0.430. The van der Waals surface area contributed by atoms with E-state index >= 15 is 0 Å². The maximum Gasteiger partial charge on any atom is 0.255 e. The van der Waals surface area contributed by atoms with Crippen molar-refractivity contribution in [3.05, 3.63) is 46.0 Å². The summed E-state index contributed by atoms with van der Waals surface area (Å²) in [5, 5.41) is 0. The van der Waals surface area contributed by atoms with E-state index < -0.39 is 0 Å². The highest BCUT2D eigenvalue weighted by Crippen LogP contribution is 2.13. The molecule has 1 fully saturated rings. The average molecular weight is 298 g/mol. The molecule has 6 nitrogen and oxygen atoms in total. The van der Waals surface area contributed by atoms with Crippen LogP contribution in [-0.4, -0.2) is 38.8 Å². The van der Waals surface area contributed by atoms with Crippen molar-refractivity contribution in [2.75, 3.05) is 13.1 Å². The van der Waals surface area contributed by atoms with Crippen LogP contribution in [0.15, 0.2) is 29.2 Å². The van der Waals surface area contributed by atoms with Gasteiger partial charge in [-0.1, -0.05) is 6.07 Å². The van der Waals surface area contributed by atoms with Crippen LogP contribution in [0.25, 0.3) is 11.5 Å². The van der Waals surface area contributed by atoms with Crippen molar-refractivity contribution < 1.29 is 4.79 Å². The van der Waals surface area contributed by atoms with E-state index in [2.05, 4.69) is 15.0 Å². The van der Waals surface area contributed by atoms with Gasteiger partial charge in [-0.25, -0.2) is 4.98 Å². The topological polar surface area (TPSA) is 79.0 Å². The number of H-pyrrole nitrogens is 1. The van der Waals surface area contributed by atoms with Crippen LogP contribution in [0.1, 0.15) is 24.1 Å². The molecule has 0 atom stereocenters. The molecule has 0 bridgehead atoms. The van der Waals surface area contributed by atoms with Crippen LogP contribution in [0.4, 0.5) is 0 Å². The molecule has 0 radical (unpaired) electrons.